The summed E-state index contributed by atoms with van der Waals surface area (Å²) in [6.07, 6.45) is 4.40. The van der Waals surface area contributed by atoms with Gasteiger partial charge in [0, 0.05) is 31.0 Å². The molecule has 0 spiro atoms. The molecule has 1 fully saturated rings. The first-order valence-electron chi connectivity index (χ1n) is 8.39. The summed E-state index contributed by atoms with van der Waals surface area (Å²) in [6, 6.07) is 7.64. The van der Waals surface area contributed by atoms with E-state index in [2.05, 4.69) is 19.7 Å². The third kappa shape index (κ3) is 6.10. The molecule has 2 rings (SSSR count). The van der Waals surface area contributed by atoms with Crippen LogP contribution in [0, 0.1) is 0 Å². The van der Waals surface area contributed by atoms with E-state index in [1.54, 1.807) is 0 Å². The second-order valence-electron chi connectivity index (χ2n) is 5.86. The quantitative estimate of drug-likeness (QED) is 0.659. The van der Waals surface area contributed by atoms with Crippen molar-refractivity contribution in [1.29, 1.82) is 0 Å². The van der Waals surface area contributed by atoms with Gasteiger partial charge in [0.05, 0.1) is 6.54 Å². The van der Waals surface area contributed by atoms with E-state index < -0.39 is 16.1 Å². The molecule has 1 aliphatic heterocycles. The van der Waals surface area contributed by atoms with E-state index in [4.69, 9.17) is 0 Å². The lowest BCUT2D eigenvalue weighted by molar-refractivity contribution is -0.115. The lowest BCUT2D eigenvalue weighted by atomic mass is 10.1. The number of carbonyl (C=O) groups is 1. The summed E-state index contributed by atoms with van der Waals surface area (Å²) >= 11 is 0. The number of anilines is 2. The Morgan fingerprint density at radius 3 is 2.38 bits per heavy atom. The zero-order valence-corrected chi connectivity index (χ0v) is 14.9. The number of amides is 1. The number of piperidine rings is 1. The molecule has 1 aromatic rings. The molecule has 1 heterocycles. The molecule has 0 unspecified atom stereocenters. The molecule has 24 heavy (non-hydrogen) atoms. The van der Waals surface area contributed by atoms with E-state index >= 15 is 0 Å². The Morgan fingerprint density at radius 2 is 1.75 bits per heavy atom. The number of benzene rings is 1. The lowest BCUT2D eigenvalue weighted by Gasteiger charge is -2.28. The molecule has 0 saturated carbocycles. The highest BCUT2D eigenvalue weighted by atomic mass is 32.2. The van der Waals surface area contributed by atoms with Crippen LogP contribution in [0.4, 0.5) is 11.4 Å². The summed E-state index contributed by atoms with van der Waals surface area (Å²) in [5, 5.41) is 2.69. The largest absolute Gasteiger partial charge is 0.372 e. The van der Waals surface area contributed by atoms with E-state index in [1.165, 1.54) is 19.3 Å². The van der Waals surface area contributed by atoms with Crippen molar-refractivity contribution in [1.82, 2.24) is 9.44 Å². The number of hydrogen-bond donors (Lipinski definition) is 3. The van der Waals surface area contributed by atoms with Crippen molar-refractivity contribution in [2.75, 3.05) is 36.4 Å². The number of carbonyl (C=O) groups excluding carboxylic acids is 1. The van der Waals surface area contributed by atoms with Crippen LogP contribution in [-0.2, 0) is 15.0 Å². The van der Waals surface area contributed by atoms with Gasteiger partial charge < -0.3 is 10.2 Å². The van der Waals surface area contributed by atoms with Gasteiger partial charge in [-0.1, -0.05) is 6.92 Å². The van der Waals surface area contributed by atoms with Gasteiger partial charge in [-0.05, 0) is 49.9 Å². The van der Waals surface area contributed by atoms with E-state index in [1.807, 2.05) is 31.2 Å². The Labute approximate surface area is 144 Å². The Balaban J connectivity index is 1.81. The predicted octanol–water partition coefficient (Wildman–Crippen LogP) is 1.45. The molecular formula is C16H26N4O3S. The number of hydrogen-bond acceptors (Lipinski definition) is 4. The maximum atomic E-state index is 11.8. The van der Waals surface area contributed by atoms with Crippen LogP contribution in [0.25, 0.3) is 0 Å². The molecule has 0 aromatic heterocycles. The molecule has 8 heteroatoms. The van der Waals surface area contributed by atoms with Crippen LogP contribution in [0.5, 0.6) is 0 Å². The van der Waals surface area contributed by atoms with Crippen LogP contribution in [0.2, 0.25) is 0 Å². The van der Waals surface area contributed by atoms with Gasteiger partial charge in [0.25, 0.3) is 10.2 Å². The smallest absolute Gasteiger partial charge is 0.277 e. The second-order valence-corrected chi connectivity index (χ2v) is 7.45. The van der Waals surface area contributed by atoms with Gasteiger partial charge >= 0.3 is 0 Å². The molecule has 0 bridgehead atoms. The van der Waals surface area contributed by atoms with Gasteiger partial charge in [0.2, 0.25) is 5.91 Å². The maximum absolute atomic E-state index is 11.8. The fraction of sp³-hybridized carbons (Fsp3) is 0.562. The van der Waals surface area contributed by atoms with Crippen LogP contribution in [-0.4, -0.2) is 40.5 Å². The summed E-state index contributed by atoms with van der Waals surface area (Å²) in [5.74, 6) is -0.400. The molecule has 0 radical (unpaired) electrons. The minimum absolute atomic E-state index is 0.299. The normalized spacial score (nSPS) is 15.3. The molecule has 0 atom stereocenters. The van der Waals surface area contributed by atoms with Gasteiger partial charge in [0.15, 0.2) is 0 Å². The van der Waals surface area contributed by atoms with Crippen LogP contribution >= 0.6 is 0 Å². The zero-order valence-electron chi connectivity index (χ0n) is 14.0. The average Bonchev–Trinajstić information content (AvgIpc) is 2.60. The van der Waals surface area contributed by atoms with E-state index in [0.717, 1.165) is 18.8 Å². The molecule has 7 nitrogen and oxygen atoms in total. The summed E-state index contributed by atoms with van der Waals surface area (Å²) < 4.78 is 27.7. The summed E-state index contributed by atoms with van der Waals surface area (Å²) in [7, 11) is -3.62. The standard InChI is InChI=1S/C16H26N4O3S/c1-2-10-17-24(22,23)18-13-16(21)19-14-6-8-15(9-7-14)20-11-4-3-5-12-20/h6-9,17-18H,2-5,10-13H2,1H3,(H,19,21). The number of rotatable bonds is 8. The average molecular weight is 354 g/mol. The Morgan fingerprint density at radius 1 is 1.08 bits per heavy atom. The van der Waals surface area contributed by atoms with Crippen LogP contribution < -0.4 is 19.7 Å². The predicted molar refractivity (Wildman–Crippen MR) is 96.4 cm³/mol. The van der Waals surface area contributed by atoms with Crippen molar-refractivity contribution in [2.45, 2.75) is 32.6 Å². The molecule has 0 aliphatic carbocycles. The minimum atomic E-state index is -3.62. The molecule has 1 aliphatic rings. The van der Waals surface area contributed by atoms with Crippen LogP contribution in [0.3, 0.4) is 0 Å². The molecule has 3 N–H and O–H groups in total. The third-order valence-electron chi connectivity index (χ3n) is 3.84. The number of nitrogens with one attached hydrogen (secondary N) is 3. The molecule has 1 saturated heterocycles. The van der Waals surface area contributed by atoms with Crippen molar-refractivity contribution in [2.24, 2.45) is 0 Å². The Hall–Kier alpha value is -1.64. The number of nitrogens with zero attached hydrogens (tertiary/aromatic N) is 1. The topological polar surface area (TPSA) is 90.5 Å². The van der Waals surface area contributed by atoms with Crippen molar-refractivity contribution in [3.8, 4) is 0 Å². The van der Waals surface area contributed by atoms with E-state index in [-0.39, 0.29) is 6.54 Å². The van der Waals surface area contributed by atoms with Crippen molar-refractivity contribution in [3.63, 3.8) is 0 Å². The summed E-state index contributed by atoms with van der Waals surface area (Å²) in [6.45, 7) is 4.04. The van der Waals surface area contributed by atoms with E-state index in [9.17, 15) is 13.2 Å². The lowest BCUT2D eigenvalue weighted by Crippen LogP contribution is -2.40. The van der Waals surface area contributed by atoms with Crippen LogP contribution in [0.15, 0.2) is 24.3 Å². The summed E-state index contributed by atoms with van der Waals surface area (Å²) in [5.41, 5.74) is 1.80. The van der Waals surface area contributed by atoms with Gasteiger partial charge in [-0.3, -0.25) is 4.79 Å². The zero-order chi connectivity index (χ0) is 17.4. The molecular weight excluding hydrogens is 328 g/mol. The van der Waals surface area contributed by atoms with Gasteiger partial charge in [-0.25, -0.2) is 4.72 Å². The highest BCUT2D eigenvalue weighted by Crippen LogP contribution is 2.21. The molecule has 1 amide bonds. The fourth-order valence-electron chi connectivity index (χ4n) is 2.56. The van der Waals surface area contributed by atoms with Crippen LogP contribution in [0.1, 0.15) is 32.6 Å². The molecule has 1 aromatic carbocycles. The first-order valence-corrected chi connectivity index (χ1v) is 9.87. The van der Waals surface area contributed by atoms with Gasteiger partial charge in [-0.15, -0.1) is 0 Å². The van der Waals surface area contributed by atoms with Gasteiger partial charge in [0.1, 0.15) is 0 Å². The summed E-state index contributed by atoms with van der Waals surface area (Å²) in [4.78, 5) is 14.2. The van der Waals surface area contributed by atoms with E-state index in [0.29, 0.717) is 18.7 Å². The highest BCUT2D eigenvalue weighted by molar-refractivity contribution is 7.87. The Bertz CT molecular complexity index is 625. The van der Waals surface area contributed by atoms with Crippen molar-refractivity contribution in [3.05, 3.63) is 24.3 Å². The van der Waals surface area contributed by atoms with Gasteiger partial charge in [-0.2, -0.15) is 13.1 Å². The van der Waals surface area contributed by atoms with Crippen molar-refractivity contribution >= 4 is 27.5 Å². The van der Waals surface area contributed by atoms with Crippen molar-refractivity contribution < 1.29 is 13.2 Å². The monoisotopic (exact) mass is 354 g/mol. The minimum Gasteiger partial charge on any atom is -0.372 e. The SMILES string of the molecule is CCCNS(=O)(=O)NCC(=O)Nc1ccc(N2CCCCC2)cc1. The Kier molecular flexibility index (Phi) is 7.01. The fourth-order valence-corrected chi connectivity index (χ4v) is 3.46. The second kappa shape index (κ2) is 9.00. The first-order chi connectivity index (χ1) is 11.5. The first kappa shape index (κ1) is 18.7. The molecule has 134 valence electrons. The maximum Gasteiger partial charge on any atom is 0.277 e. The third-order valence-corrected chi connectivity index (χ3v) is 4.95. The highest BCUT2D eigenvalue weighted by Gasteiger charge is 2.12.